The summed E-state index contributed by atoms with van der Waals surface area (Å²) < 4.78 is 55.9. The maximum Gasteiger partial charge on any atom is 0.417 e. The summed E-state index contributed by atoms with van der Waals surface area (Å²) in [5, 5.41) is 5.26. The molecular weight excluding hydrogens is 470 g/mol. The van der Waals surface area contributed by atoms with Crippen LogP contribution in [0, 0.1) is 12.7 Å². The van der Waals surface area contributed by atoms with Crippen LogP contribution in [-0.2, 0) is 6.18 Å². The van der Waals surface area contributed by atoms with Gasteiger partial charge in [0.05, 0.1) is 27.2 Å². The summed E-state index contributed by atoms with van der Waals surface area (Å²) in [6.07, 6.45) is -4.59. The monoisotopic (exact) mass is 489 g/mol. The second-order valence-electron chi connectivity index (χ2n) is 7.95. The van der Waals surface area contributed by atoms with Crippen LogP contribution in [-0.4, -0.2) is 51.8 Å². The molecule has 1 aliphatic rings. The molecule has 1 saturated heterocycles. The van der Waals surface area contributed by atoms with E-state index in [9.17, 15) is 22.4 Å². The molecule has 34 heavy (non-hydrogen) atoms. The Balaban J connectivity index is 1.35. The van der Waals surface area contributed by atoms with Crippen molar-refractivity contribution in [3.05, 3.63) is 71.2 Å². The van der Waals surface area contributed by atoms with E-state index in [0.717, 1.165) is 21.6 Å². The van der Waals surface area contributed by atoms with Gasteiger partial charge in [-0.15, -0.1) is 0 Å². The molecular formula is C23H19F4N5OS. The fraction of sp³-hybridized carbons (Fsp3) is 0.261. The van der Waals surface area contributed by atoms with Gasteiger partial charge >= 0.3 is 6.18 Å². The average molecular weight is 489 g/mol. The molecule has 1 amide bonds. The molecule has 0 N–H and O–H groups in total. The lowest BCUT2D eigenvalue weighted by Gasteiger charge is -2.35. The number of hydrogen-bond donors (Lipinski definition) is 0. The van der Waals surface area contributed by atoms with Gasteiger partial charge in [-0.05, 0) is 43.3 Å². The second-order valence-corrected chi connectivity index (χ2v) is 8.92. The van der Waals surface area contributed by atoms with Crippen LogP contribution < -0.4 is 4.90 Å². The molecule has 5 rings (SSSR count). The summed E-state index contributed by atoms with van der Waals surface area (Å²) in [5.74, 6) is -0.965. The first-order valence-corrected chi connectivity index (χ1v) is 11.4. The predicted molar refractivity (Wildman–Crippen MR) is 121 cm³/mol. The van der Waals surface area contributed by atoms with Crippen LogP contribution >= 0.6 is 11.3 Å². The third kappa shape index (κ3) is 4.00. The van der Waals surface area contributed by atoms with Crippen molar-refractivity contribution < 1.29 is 22.4 Å². The minimum Gasteiger partial charge on any atom is -0.344 e. The lowest BCUT2D eigenvalue weighted by Crippen LogP contribution is -2.49. The summed E-state index contributed by atoms with van der Waals surface area (Å²) in [6, 6.07) is 10.8. The number of aryl methyl sites for hydroxylation is 1. The fourth-order valence-corrected chi connectivity index (χ4v) is 5.05. The lowest BCUT2D eigenvalue weighted by atomic mass is 10.1. The highest BCUT2D eigenvalue weighted by Crippen LogP contribution is 2.34. The number of fused-ring (bicyclic) bond motifs is 1. The number of benzene rings is 2. The molecule has 6 nitrogen and oxygen atoms in total. The molecule has 3 heterocycles. The number of alkyl halides is 3. The van der Waals surface area contributed by atoms with E-state index < -0.39 is 17.6 Å². The molecule has 2 aromatic heterocycles. The second kappa shape index (κ2) is 8.39. The number of carbonyl (C=O) groups excluding carboxylic acids is 1. The quantitative estimate of drug-likeness (QED) is 0.384. The SMILES string of the molecule is Cc1nn(-c2ccc(F)cc2)c2nc(N3CCN(C(=O)c4ccccc4C(F)(F)F)CC3)sc12. The molecule has 0 saturated carbocycles. The molecule has 1 aliphatic heterocycles. The van der Waals surface area contributed by atoms with Gasteiger partial charge in [-0.1, -0.05) is 23.5 Å². The van der Waals surface area contributed by atoms with E-state index in [4.69, 9.17) is 4.98 Å². The Morgan fingerprint density at radius 1 is 1.00 bits per heavy atom. The Hall–Kier alpha value is -3.47. The minimum atomic E-state index is -4.59. The van der Waals surface area contributed by atoms with E-state index in [-0.39, 0.29) is 24.5 Å². The predicted octanol–water partition coefficient (Wildman–Crippen LogP) is 4.91. The summed E-state index contributed by atoms with van der Waals surface area (Å²) in [5.41, 5.74) is 0.880. The molecule has 0 bridgehead atoms. The summed E-state index contributed by atoms with van der Waals surface area (Å²) in [7, 11) is 0. The van der Waals surface area contributed by atoms with E-state index in [2.05, 4.69) is 5.10 Å². The maximum atomic E-state index is 13.3. The Labute approximate surface area is 196 Å². The number of aromatic nitrogens is 3. The van der Waals surface area contributed by atoms with Crippen LogP contribution in [0.3, 0.4) is 0 Å². The number of rotatable bonds is 3. The van der Waals surface area contributed by atoms with E-state index in [1.807, 2.05) is 11.8 Å². The maximum absolute atomic E-state index is 13.3. The molecule has 0 aliphatic carbocycles. The lowest BCUT2D eigenvalue weighted by molar-refractivity contribution is -0.138. The number of carbonyl (C=O) groups is 1. The minimum absolute atomic E-state index is 0.282. The average Bonchev–Trinajstić information content (AvgIpc) is 3.39. The molecule has 11 heteroatoms. The number of nitrogens with zero attached hydrogens (tertiary/aromatic N) is 5. The van der Waals surface area contributed by atoms with Crippen molar-refractivity contribution in [3.63, 3.8) is 0 Å². The van der Waals surface area contributed by atoms with E-state index >= 15 is 0 Å². The van der Waals surface area contributed by atoms with E-state index in [1.165, 1.54) is 46.6 Å². The van der Waals surface area contributed by atoms with Crippen LogP contribution in [0.2, 0.25) is 0 Å². The molecule has 2 aromatic carbocycles. The van der Waals surface area contributed by atoms with E-state index in [1.54, 1.807) is 16.8 Å². The Kier molecular flexibility index (Phi) is 5.51. The molecule has 1 fully saturated rings. The molecule has 0 unspecified atom stereocenters. The van der Waals surface area contributed by atoms with Gasteiger partial charge in [-0.3, -0.25) is 4.79 Å². The Morgan fingerprint density at radius 2 is 1.68 bits per heavy atom. The zero-order chi connectivity index (χ0) is 24.0. The molecule has 4 aromatic rings. The van der Waals surface area contributed by atoms with Gasteiger partial charge in [-0.2, -0.15) is 23.3 Å². The number of amides is 1. The van der Waals surface area contributed by atoms with Crippen LogP contribution in [0.25, 0.3) is 16.0 Å². The Bertz CT molecular complexity index is 1350. The van der Waals surface area contributed by atoms with Gasteiger partial charge in [-0.25, -0.2) is 9.07 Å². The van der Waals surface area contributed by atoms with Gasteiger partial charge in [0, 0.05) is 26.2 Å². The smallest absolute Gasteiger partial charge is 0.344 e. The number of anilines is 1. The van der Waals surface area contributed by atoms with Crippen molar-refractivity contribution in [2.24, 2.45) is 0 Å². The van der Waals surface area contributed by atoms with Gasteiger partial charge in [0.1, 0.15) is 5.82 Å². The third-order valence-electron chi connectivity index (χ3n) is 5.75. The number of piperazine rings is 1. The summed E-state index contributed by atoms with van der Waals surface area (Å²) in [4.78, 5) is 21.0. The van der Waals surface area contributed by atoms with Crippen molar-refractivity contribution in [3.8, 4) is 5.69 Å². The molecule has 0 radical (unpaired) electrons. The largest absolute Gasteiger partial charge is 0.417 e. The first-order chi connectivity index (χ1) is 16.2. The molecule has 0 spiro atoms. The number of halogens is 4. The fourth-order valence-electron chi connectivity index (χ4n) is 4.01. The van der Waals surface area contributed by atoms with Crippen LogP contribution in [0.4, 0.5) is 22.7 Å². The normalized spacial score (nSPS) is 14.7. The van der Waals surface area contributed by atoms with Crippen LogP contribution in [0.5, 0.6) is 0 Å². The summed E-state index contributed by atoms with van der Waals surface area (Å²) >= 11 is 1.47. The topological polar surface area (TPSA) is 54.3 Å². The first-order valence-electron chi connectivity index (χ1n) is 10.5. The van der Waals surface area contributed by atoms with Crippen molar-refractivity contribution in [1.82, 2.24) is 19.7 Å². The third-order valence-corrected chi connectivity index (χ3v) is 6.96. The van der Waals surface area contributed by atoms with Gasteiger partial charge in [0.25, 0.3) is 5.91 Å². The zero-order valence-electron chi connectivity index (χ0n) is 18.0. The van der Waals surface area contributed by atoms with Crippen molar-refractivity contribution in [2.75, 3.05) is 31.1 Å². The molecule has 176 valence electrons. The van der Waals surface area contributed by atoms with Crippen molar-refractivity contribution in [1.29, 1.82) is 0 Å². The Morgan fingerprint density at radius 3 is 2.35 bits per heavy atom. The highest BCUT2D eigenvalue weighted by molar-refractivity contribution is 7.22. The first kappa shape index (κ1) is 22.3. The van der Waals surface area contributed by atoms with Crippen molar-refractivity contribution in [2.45, 2.75) is 13.1 Å². The van der Waals surface area contributed by atoms with Gasteiger partial charge < -0.3 is 9.80 Å². The number of hydrogen-bond acceptors (Lipinski definition) is 5. The number of thiazole rings is 1. The highest BCUT2D eigenvalue weighted by atomic mass is 32.1. The zero-order valence-corrected chi connectivity index (χ0v) is 18.8. The van der Waals surface area contributed by atoms with Gasteiger partial charge in [0.2, 0.25) is 0 Å². The van der Waals surface area contributed by atoms with Crippen LogP contribution in [0.15, 0.2) is 48.5 Å². The molecule has 0 atom stereocenters. The van der Waals surface area contributed by atoms with E-state index in [0.29, 0.717) is 24.4 Å². The standard InChI is InChI=1S/C23H19F4N5OS/c1-14-19-20(32(29-14)16-8-6-15(24)7-9-16)28-22(34-19)31-12-10-30(11-13-31)21(33)17-4-2-3-5-18(17)23(25,26)27/h2-9H,10-13H2,1H3. The van der Waals surface area contributed by atoms with Crippen molar-refractivity contribution >= 4 is 32.7 Å². The highest BCUT2D eigenvalue weighted by Gasteiger charge is 2.36. The summed E-state index contributed by atoms with van der Waals surface area (Å²) in [6.45, 7) is 3.32. The van der Waals surface area contributed by atoms with Gasteiger partial charge in [0.15, 0.2) is 10.8 Å². The van der Waals surface area contributed by atoms with Crippen LogP contribution in [0.1, 0.15) is 21.6 Å².